The highest BCUT2D eigenvalue weighted by Crippen LogP contribution is 2.16. The molecule has 1 heterocycles. The Bertz CT molecular complexity index is 835. The quantitative estimate of drug-likeness (QED) is 0.763. The number of rotatable bonds is 4. The second-order valence-corrected chi connectivity index (χ2v) is 5.20. The van der Waals surface area contributed by atoms with Crippen molar-refractivity contribution in [3.63, 3.8) is 0 Å². The molecule has 5 heteroatoms. The smallest absolute Gasteiger partial charge is 0.203 e. The minimum absolute atomic E-state index is 0. The first-order valence-electron chi connectivity index (χ1n) is 7.10. The van der Waals surface area contributed by atoms with Crippen molar-refractivity contribution in [1.29, 1.82) is 5.41 Å². The molecule has 0 spiro atoms. The first-order chi connectivity index (χ1) is 10.2. The van der Waals surface area contributed by atoms with Gasteiger partial charge in [-0.3, -0.25) is 5.41 Å². The van der Waals surface area contributed by atoms with E-state index >= 15 is 0 Å². The zero-order valence-electron chi connectivity index (χ0n) is 12.5. The molecule has 116 valence electrons. The summed E-state index contributed by atoms with van der Waals surface area (Å²) in [6.07, 6.45) is 0. The summed E-state index contributed by atoms with van der Waals surface area (Å²) < 4.78 is 3.85. The molecule has 0 unspecified atom stereocenters. The Kier molecular flexibility index (Phi) is 5.06. The van der Waals surface area contributed by atoms with Crippen molar-refractivity contribution in [3.05, 3.63) is 65.3 Å². The molecular weight excluding hydrogens is 298 g/mol. The normalized spacial score (nSPS) is 10.6. The van der Waals surface area contributed by atoms with Crippen molar-refractivity contribution in [1.82, 2.24) is 9.13 Å². The van der Waals surface area contributed by atoms with Crippen molar-refractivity contribution in [3.8, 4) is 0 Å². The number of aryl methyl sites for hydroxylation is 1. The van der Waals surface area contributed by atoms with E-state index in [2.05, 4.69) is 19.1 Å². The fourth-order valence-electron chi connectivity index (χ4n) is 2.74. The number of para-hydroxylation sites is 2. The summed E-state index contributed by atoms with van der Waals surface area (Å²) in [7, 11) is 0. The number of nitrogens with one attached hydrogen (secondary N) is 1. The standard InChI is InChI=1S/C17H19N3O.ClH/c1-13-6-2-3-7-14(13)12-20-16-9-5-4-8-15(16)19(10-11-21)17(20)18;/h2-9,18,21H,10-12H2,1H3;1H. The number of aliphatic hydroxyl groups is 1. The third kappa shape index (κ3) is 2.80. The Labute approximate surface area is 135 Å². The van der Waals surface area contributed by atoms with Crippen LogP contribution in [0.3, 0.4) is 0 Å². The van der Waals surface area contributed by atoms with Gasteiger partial charge in [-0.2, -0.15) is 0 Å². The Morgan fingerprint density at radius 1 is 0.955 bits per heavy atom. The molecule has 3 rings (SSSR count). The Balaban J connectivity index is 0.00000176. The van der Waals surface area contributed by atoms with Crippen molar-refractivity contribution >= 4 is 23.4 Å². The van der Waals surface area contributed by atoms with E-state index in [9.17, 15) is 5.11 Å². The maximum absolute atomic E-state index is 9.23. The summed E-state index contributed by atoms with van der Waals surface area (Å²) in [5, 5.41) is 17.6. The van der Waals surface area contributed by atoms with E-state index in [0.717, 1.165) is 11.0 Å². The van der Waals surface area contributed by atoms with Crippen LogP contribution in [0.25, 0.3) is 11.0 Å². The zero-order valence-corrected chi connectivity index (χ0v) is 13.3. The molecule has 1 aromatic heterocycles. The highest BCUT2D eigenvalue weighted by Gasteiger charge is 2.10. The van der Waals surface area contributed by atoms with E-state index in [4.69, 9.17) is 5.41 Å². The molecule has 0 fully saturated rings. The molecule has 0 atom stereocenters. The molecule has 0 aliphatic heterocycles. The number of imidazole rings is 1. The molecule has 0 radical (unpaired) electrons. The Morgan fingerprint density at radius 3 is 2.18 bits per heavy atom. The van der Waals surface area contributed by atoms with Gasteiger partial charge in [0.2, 0.25) is 5.62 Å². The van der Waals surface area contributed by atoms with Gasteiger partial charge in [-0.25, -0.2) is 0 Å². The van der Waals surface area contributed by atoms with E-state index < -0.39 is 0 Å². The van der Waals surface area contributed by atoms with Crippen LogP contribution in [0.15, 0.2) is 48.5 Å². The maximum Gasteiger partial charge on any atom is 0.203 e. The number of fused-ring (bicyclic) bond motifs is 1. The van der Waals surface area contributed by atoms with Gasteiger partial charge in [0.25, 0.3) is 0 Å². The lowest BCUT2D eigenvalue weighted by Crippen LogP contribution is -2.26. The molecule has 22 heavy (non-hydrogen) atoms. The Morgan fingerprint density at radius 2 is 1.55 bits per heavy atom. The van der Waals surface area contributed by atoms with Crippen molar-refractivity contribution in [2.24, 2.45) is 0 Å². The van der Waals surface area contributed by atoms with Gasteiger partial charge >= 0.3 is 0 Å². The van der Waals surface area contributed by atoms with Gasteiger partial charge in [-0.15, -0.1) is 12.4 Å². The molecule has 3 aromatic rings. The first-order valence-corrected chi connectivity index (χ1v) is 7.10. The SMILES string of the molecule is Cc1ccccc1Cn1c(=N)n(CCO)c2ccccc21.Cl. The summed E-state index contributed by atoms with van der Waals surface area (Å²) in [5.74, 6) is 0. The van der Waals surface area contributed by atoms with Crippen LogP contribution in [-0.4, -0.2) is 20.8 Å². The minimum atomic E-state index is 0. The number of aromatic nitrogens is 2. The molecule has 0 saturated heterocycles. The summed E-state index contributed by atoms with van der Waals surface area (Å²) >= 11 is 0. The van der Waals surface area contributed by atoms with Crippen LogP contribution in [0.2, 0.25) is 0 Å². The van der Waals surface area contributed by atoms with Crippen LogP contribution in [0.4, 0.5) is 0 Å². The summed E-state index contributed by atoms with van der Waals surface area (Å²) in [4.78, 5) is 0. The van der Waals surface area contributed by atoms with Gasteiger partial charge in [-0.05, 0) is 30.2 Å². The molecule has 0 aliphatic carbocycles. The number of nitrogens with zero attached hydrogens (tertiary/aromatic N) is 2. The number of hydrogen-bond donors (Lipinski definition) is 2. The lowest BCUT2D eigenvalue weighted by Gasteiger charge is -2.07. The van der Waals surface area contributed by atoms with E-state index in [1.54, 1.807) is 0 Å². The molecule has 0 amide bonds. The third-order valence-electron chi connectivity index (χ3n) is 3.89. The number of benzene rings is 2. The predicted octanol–water partition coefficient (Wildman–Crippen LogP) is 2.69. The van der Waals surface area contributed by atoms with Crippen molar-refractivity contribution in [2.45, 2.75) is 20.0 Å². The lowest BCUT2D eigenvalue weighted by atomic mass is 10.1. The fourth-order valence-corrected chi connectivity index (χ4v) is 2.74. The molecule has 2 aromatic carbocycles. The molecule has 0 saturated carbocycles. The monoisotopic (exact) mass is 317 g/mol. The highest BCUT2D eigenvalue weighted by molar-refractivity contribution is 5.85. The summed E-state index contributed by atoms with van der Waals surface area (Å²) in [6.45, 7) is 3.24. The van der Waals surface area contributed by atoms with E-state index in [1.165, 1.54) is 11.1 Å². The zero-order chi connectivity index (χ0) is 14.8. The maximum atomic E-state index is 9.23. The first kappa shape index (κ1) is 16.3. The minimum Gasteiger partial charge on any atom is -0.395 e. The molecule has 0 bridgehead atoms. The largest absolute Gasteiger partial charge is 0.395 e. The number of halogens is 1. The second kappa shape index (κ2) is 6.81. The average molecular weight is 318 g/mol. The van der Waals surface area contributed by atoms with Gasteiger partial charge in [0, 0.05) is 6.54 Å². The van der Waals surface area contributed by atoms with Crippen LogP contribution >= 0.6 is 12.4 Å². The van der Waals surface area contributed by atoms with Crippen LogP contribution in [0.1, 0.15) is 11.1 Å². The molecule has 0 aliphatic rings. The topological polar surface area (TPSA) is 53.9 Å². The van der Waals surface area contributed by atoms with Gasteiger partial charge in [0.1, 0.15) is 0 Å². The van der Waals surface area contributed by atoms with Crippen molar-refractivity contribution < 1.29 is 5.11 Å². The van der Waals surface area contributed by atoms with Crippen molar-refractivity contribution in [2.75, 3.05) is 6.61 Å². The average Bonchev–Trinajstić information content (AvgIpc) is 2.76. The fraction of sp³-hybridized carbons (Fsp3) is 0.235. The van der Waals surface area contributed by atoms with Gasteiger partial charge < -0.3 is 14.2 Å². The van der Waals surface area contributed by atoms with Gasteiger partial charge in [0.05, 0.1) is 24.2 Å². The van der Waals surface area contributed by atoms with Gasteiger partial charge in [-0.1, -0.05) is 36.4 Å². The van der Waals surface area contributed by atoms with Crippen LogP contribution < -0.4 is 5.62 Å². The van der Waals surface area contributed by atoms with Crippen LogP contribution in [-0.2, 0) is 13.1 Å². The van der Waals surface area contributed by atoms with E-state index in [-0.39, 0.29) is 19.0 Å². The van der Waals surface area contributed by atoms with E-state index in [0.29, 0.717) is 18.7 Å². The van der Waals surface area contributed by atoms with Crippen LogP contribution in [0.5, 0.6) is 0 Å². The van der Waals surface area contributed by atoms with E-state index in [1.807, 2.05) is 45.5 Å². The third-order valence-corrected chi connectivity index (χ3v) is 3.89. The second-order valence-electron chi connectivity index (χ2n) is 5.20. The summed E-state index contributed by atoms with van der Waals surface area (Å²) in [6, 6.07) is 16.2. The Hall–Kier alpha value is -2.04. The highest BCUT2D eigenvalue weighted by atomic mass is 35.5. The number of aliphatic hydroxyl groups excluding tert-OH is 1. The number of hydrogen-bond acceptors (Lipinski definition) is 2. The molecular formula is C17H20ClN3O. The molecule has 2 N–H and O–H groups in total. The predicted molar refractivity (Wildman–Crippen MR) is 90.4 cm³/mol. The lowest BCUT2D eigenvalue weighted by molar-refractivity contribution is 0.274. The van der Waals surface area contributed by atoms with Crippen LogP contribution in [0, 0.1) is 12.3 Å². The summed E-state index contributed by atoms with van der Waals surface area (Å²) in [5.41, 5.74) is 4.88. The van der Waals surface area contributed by atoms with Gasteiger partial charge in [0.15, 0.2) is 0 Å². The molecule has 4 nitrogen and oxygen atoms in total.